The van der Waals surface area contributed by atoms with E-state index in [0.717, 1.165) is 0 Å². The molecule has 0 saturated carbocycles. The average molecular weight is 266 g/mol. The van der Waals surface area contributed by atoms with E-state index < -0.39 is 11.9 Å². The number of amides is 1. The first-order chi connectivity index (χ1) is 9.01. The van der Waals surface area contributed by atoms with Crippen LogP contribution in [0.3, 0.4) is 0 Å². The van der Waals surface area contributed by atoms with Gasteiger partial charge in [-0.1, -0.05) is 0 Å². The molecular formula is C12H18N4O3. The molecule has 7 nitrogen and oxygen atoms in total. The molecule has 0 atom stereocenters. The summed E-state index contributed by atoms with van der Waals surface area (Å²) in [6.07, 6.45) is 1.45. The highest BCUT2D eigenvalue weighted by molar-refractivity contribution is 5.98. The van der Waals surface area contributed by atoms with Crippen LogP contribution in [0, 0.1) is 0 Å². The second kappa shape index (κ2) is 6.58. The molecule has 1 amide bonds. The van der Waals surface area contributed by atoms with Crippen molar-refractivity contribution in [3.05, 3.63) is 17.8 Å². The Labute approximate surface area is 111 Å². The first kappa shape index (κ1) is 14.7. The Hall–Kier alpha value is -2.31. The molecule has 0 unspecified atom stereocenters. The summed E-state index contributed by atoms with van der Waals surface area (Å²) >= 11 is 0. The Balaban J connectivity index is 3.11. The summed E-state index contributed by atoms with van der Waals surface area (Å²) in [5.74, 6) is -0.657. The lowest BCUT2D eigenvalue weighted by Crippen LogP contribution is -2.35. The van der Waals surface area contributed by atoms with Crippen molar-refractivity contribution < 1.29 is 14.3 Å². The van der Waals surface area contributed by atoms with Gasteiger partial charge in [0.15, 0.2) is 5.82 Å². The summed E-state index contributed by atoms with van der Waals surface area (Å²) in [7, 11) is 0. The van der Waals surface area contributed by atoms with E-state index in [4.69, 9.17) is 16.2 Å². The van der Waals surface area contributed by atoms with Crippen LogP contribution in [0.5, 0.6) is 0 Å². The van der Waals surface area contributed by atoms with Crippen LogP contribution in [0.15, 0.2) is 12.3 Å². The second-order valence-corrected chi connectivity index (χ2v) is 3.80. The van der Waals surface area contributed by atoms with Gasteiger partial charge in [-0.25, -0.2) is 9.78 Å². The molecule has 0 fully saturated rings. The minimum Gasteiger partial charge on any atom is -0.462 e. The van der Waals surface area contributed by atoms with Gasteiger partial charge in [-0.3, -0.25) is 4.79 Å². The zero-order chi connectivity index (χ0) is 14.4. The molecule has 104 valence electrons. The lowest BCUT2D eigenvalue weighted by atomic mass is 10.2. The molecule has 19 heavy (non-hydrogen) atoms. The van der Waals surface area contributed by atoms with Crippen LogP contribution in [-0.4, -0.2) is 36.6 Å². The van der Waals surface area contributed by atoms with Gasteiger partial charge in [0, 0.05) is 12.7 Å². The molecule has 0 saturated heterocycles. The van der Waals surface area contributed by atoms with Gasteiger partial charge in [0.2, 0.25) is 5.91 Å². The number of hydrogen-bond donors (Lipinski definition) is 2. The van der Waals surface area contributed by atoms with Gasteiger partial charge in [0.25, 0.3) is 0 Å². The number of hydrogen-bond acceptors (Lipinski definition) is 6. The molecule has 1 aromatic rings. The van der Waals surface area contributed by atoms with Crippen molar-refractivity contribution in [3.8, 4) is 0 Å². The first-order valence-corrected chi connectivity index (χ1v) is 5.96. The number of pyridine rings is 1. The molecular weight excluding hydrogens is 248 g/mol. The van der Waals surface area contributed by atoms with Gasteiger partial charge in [0.05, 0.1) is 24.4 Å². The summed E-state index contributed by atoms with van der Waals surface area (Å²) in [6.45, 7) is 4.28. The Bertz CT molecular complexity index is 476. The number of rotatable bonds is 6. The number of nitrogen functional groups attached to an aromatic ring is 1. The van der Waals surface area contributed by atoms with Crippen LogP contribution in [0.4, 0.5) is 11.5 Å². The highest BCUT2D eigenvalue weighted by Crippen LogP contribution is 2.24. The van der Waals surface area contributed by atoms with E-state index in [-0.39, 0.29) is 24.4 Å². The lowest BCUT2D eigenvalue weighted by molar-refractivity contribution is -0.116. The number of carbonyl (C=O) groups excluding carboxylic acids is 2. The number of anilines is 2. The number of nitrogens with zero attached hydrogens (tertiary/aromatic N) is 2. The third-order valence-corrected chi connectivity index (χ3v) is 2.49. The van der Waals surface area contributed by atoms with Crippen molar-refractivity contribution in [2.45, 2.75) is 13.8 Å². The van der Waals surface area contributed by atoms with E-state index in [1.807, 2.05) is 6.92 Å². The van der Waals surface area contributed by atoms with Crippen molar-refractivity contribution in [2.24, 2.45) is 5.73 Å². The minimum atomic E-state index is -0.515. The van der Waals surface area contributed by atoms with Crippen LogP contribution < -0.4 is 16.4 Å². The number of aromatic nitrogens is 1. The molecule has 0 aliphatic rings. The first-order valence-electron chi connectivity index (χ1n) is 5.96. The number of primary amides is 1. The Morgan fingerprint density at radius 2 is 2.11 bits per heavy atom. The van der Waals surface area contributed by atoms with Gasteiger partial charge in [0.1, 0.15) is 0 Å². The fraction of sp³-hybridized carbons (Fsp3) is 0.417. The Morgan fingerprint density at radius 3 is 2.63 bits per heavy atom. The normalized spacial score (nSPS) is 10.0. The largest absolute Gasteiger partial charge is 0.462 e. The maximum Gasteiger partial charge on any atom is 0.340 e. The summed E-state index contributed by atoms with van der Waals surface area (Å²) in [4.78, 5) is 28.4. The van der Waals surface area contributed by atoms with E-state index >= 15 is 0 Å². The summed E-state index contributed by atoms with van der Waals surface area (Å²) in [6, 6.07) is 1.48. The summed E-state index contributed by atoms with van der Waals surface area (Å²) < 4.78 is 4.90. The average Bonchev–Trinajstić information content (AvgIpc) is 2.36. The molecule has 1 rings (SSSR count). The number of esters is 1. The van der Waals surface area contributed by atoms with Gasteiger partial charge < -0.3 is 21.1 Å². The molecule has 0 spiro atoms. The maximum atomic E-state index is 11.7. The quantitative estimate of drug-likeness (QED) is 0.709. The van der Waals surface area contributed by atoms with E-state index in [0.29, 0.717) is 12.4 Å². The molecule has 0 aromatic carbocycles. The zero-order valence-corrected chi connectivity index (χ0v) is 11.0. The fourth-order valence-corrected chi connectivity index (χ4v) is 1.63. The highest BCUT2D eigenvalue weighted by Gasteiger charge is 2.18. The van der Waals surface area contributed by atoms with Crippen LogP contribution >= 0.6 is 0 Å². The Kier molecular flexibility index (Phi) is 5.11. The van der Waals surface area contributed by atoms with Crippen LogP contribution in [-0.2, 0) is 9.53 Å². The molecule has 1 aromatic heterocycles. The van der Waals surface area contributed by atoms with Gasteiger partial charge in [-0.2, -0.15) is 0 Å². The Morgan fingerprint density at radius 1 is 1.42 bits per heavy atom. The summed E-state index contributed by atoms with van der Waals surface area (Å²) in [5, 5.41) is 0. The van der Waals surface area contributed by atoms with Gasteiger partial charge >= 0.3 is 5.97 Å². The van der Waals surface area contributed by atoms with Crippen LogP contribution in [0.25, 0.3) is 0 Å². The monoisotopic (exact) mass is 266 g/mol. The van der Waals surface area contributed by atoms with Crippen molar-refractivity contribution >= 4 is 23.4 Å². The molecule has 0 aliphatic carbocycles. The number of likely N-dealkylation sites (N-methyl/N-ethyl adjacent to an activating group) is 1. The van der Waals surface area contributed by atoms with E-state index in [9.17, 15) is 9.59 Å². The predicted octanol–water partition coefficient (Wildman–Crippen LogP) is 0.152. The SMILES string of the molecule is CCOC(=O)c1ccnc(N(CC)CC(N)=O)c1N. The minimum absolute atomic E-state index is 0.0139. The lowest BCUT2D eigenvalue weighted by Gasteiger charge is -2.22. The smallest absolute Gasteiger partial charge is 0.340 e. The topological polar surface area (TPSA) is 112 Å². The number of nitrogens with two attached hydrogens (primary N) is 2. The van der Waals surface area contributed by atoms with Gasteiger partial charge in [-0.05, 0) is 19.9 Å². The van der Waals surface area contributed by atoms with Crippen LogP contribution in [0.1, 0.15) is 24.2 Å². The van der Waals surface area contributed by atoms with E-state index in [1.54, 1.807) is 11.8 Å². The van der Waals surface area contributed by atoms with Crippen molar-refractivity contribution in [2.75, 3.05) is 30.3 Å². The molecule has 1 heterocycles. The zero-order valence-electron chi connectivity index (χ0n) is 11.0. The molecule has 0 aliphatic heterocycles. The van der Waals surface area contributed by atoms with Crippen molar-refractivity contribution in [1.82, 2.24) is 4.98 Å². The standard InChI is InChI=1S/C12H18N4O3/c1-3-16(7-9(13)17)11-10(14)8(5-6-15-11)12(18)19-4-2/h5-6H,3-4,7,14H2,1-2H3,(H2,13,17). The molecule has 7 heteroatoms. The predicted molar refractivity (Wildman–Crippen MR) is 71.7 cm³/mol. The third-order valence-electron chi connectivity index (χ3n) is 2.49. The number of carbonyl (C=O) groups is 2. The molecule has 4 N–H and O–H groups in total. The second-order valence-electron chi connectivity index (χ2n) is 3.80. The van der Waals surface area contributed by atoms with Crippen LogP contribution in [0.2, 0.25) is 0 Å². The van der Waals surface area contributed by atoms with E-state index in [2.05, 4.69) is 4.98 Å². The van der Waals surface area contributed by atoms with Gasteiger partial charge in [-0.15, -0.1) is 0 Å². The molecule has 0 bridgehead atoms. The third kappa shape index (κ3) is 3.57. The number of ether oxygens (including phenoxy) is 1. The fourth-order valence-electron chi connectivity index (χ4n) is 1.63. The summed E-state index contributed by atoms with van der Waals surface area (Å²) in [5.41, 5.74) is 11.5. The van der Waals surface area contributed by atoms with Crippen molar-refractivity contribution in [3.63, 3.8) is 0 Å². The van der Waals surface area contributed by atoms with Crippen molar-refractivity contribution in [1.29, 1.82) is 0 Å². The highest BCUT2D eigenvalue weighted by atomic mass is 16.5. The molecule has 0 radical (unpaired) electrons. The maximum absolute atomic E-state index is 11.7. The van der Waals surface area contributed by atoms with E-state index in [1.165, 1.54) is 12.3 Å².